The number of nitrogens with zero attached hydrogens (tertiary/aromatic N) is 4. The van der Waals surface area contributed by atoms with Crippen LogP contribution in [0.25, 0.3) is 11.0 Å². The van der Waals surface area contributed by atoms with E-state index in [1.165, 1.54) is 116 Å². The van der Waals surface area contributed by atoms with Crippen LogP contribution in [-0.2, 0) is 6.67 Å². The fourth-order valence-electron chi connectivity index (χ4n) is 4.40. The van der Waals surface area contributed by atoms with Gasteiger partial charge >= 0.3 is 0 Å². The lowest BCUT2D eigenvalue weighted by Gasteiger charge is -2.22. The van der Waals surface area contributed by atoms with Crippen LogP contribution in [0, 0.1) is 0 Å². The minimum Gasteiger partial charge on any atom is -0.284 e. The van der Waals surface area contributed by atoms with E-state index in [0.29, 0.717) is 0 Å². The molecule has 2 rings (SSSR count). The molecule has 0 bridgehead atoms. The second-order valence-corrected chi connectivity index (χ2v) is 9.29. The third-order valence-corrected chi connectivity index (χ3v) is 6.41. The van der Waals surface area contributed by atoms with E-state index in [4.69, 9.17) is 0 Å². The average molecular weight is 429 g/mol. The zero-order valence-corrected chi connectivity index (χ0v) is 20.5. The van der Waals surface area contributed by atoms with Gasteiger partial charge in [0.1, 0.15) is 5.52 Å². The SMILES string of the molecule is CCCCCCCCCCN(CCCCCCCCCC)Cn1nnc2ccccc21. The van der Waals surface area contributed by atoms with Gasteiger partial charge in [0.2, 0.25) is 0 Å². The molecule has 0 N–H and O–H groups in total. The van der Waals surface area contributed by atoms with Gasteiger partial charge in [-0.05, 0) is 38.1 Å². The third-order valence-electron chi connectivity index (χ3n) is 6.41. The second kappa shape index (κ2) is 17.2. The molecular weight excluding hydrogens is 380 g/mol. The lowest BCUT2D eigenvalue weighted by atomic mass is 10.1. The molecule has 0 saturated heterocycles. The molecule has 0 radical (unpaired) electrons. The van der Waals surface area contributed by atoms with E-state index in [1.54, 1.807) is 0 Å². The normalized spacial score (nSPS) is 11.7. The molecule has 0 atom stereocenters. The molecular formula is C27H48N4. The van der Waals surface area contributed by atoms with Gasteiger partial charge in [-0.25, -0.2) is 4.68 Å². The molecule has 1 aromatic carbocycles. The molecule has 1 aromatic heterocycles. The molecule has 4 nitrogen and oxygen atoms in total. The highest BCUT2D eigenvalue weighted by atomic mass is 15.5. The van der Waals surface area contributed by atoms with Crippen molar-refractivity contribution < 1.29 is 0 Å². The number of fused-ring (bicyclic) bond motifs is 1. The summed E-state index contributed by atoms with van der Waals surface area (Å²) in [6.45, 7) is 7.81. The third kappa shape index (κ3) is 11.1. The van der Waals surface area contributed by atoms with E-state index in [1.807, 2.05) is 6.07 Å². The number of rotatable bonds is 20. The summed E-state index contributed by atoms with van der Waals surface area (Å²) >= 11 is 0. The minimum absolute atomic E-state index is 0.869. The number of hydrogen-bond acceptors (Lipinski definition) is 3. The Morgan fingerprint density at radius 1 is 0.645 bits per heavy atom. The van der Waals surface area contributed by atoms with Gasteiger partial charge in [0.25, 0.3) is 0 Å². The van der Waals surface area contributed by atoms with Crippen LogP contribution in [-0.4, -0.2) is 33.0 Å². The van der Waals surface area contributed by atoms with E-state index >= 15 is 0 Å². The van der Waals surface area contributed by atoms with Crippen LogP contribution >= 0.6 is 0 Å². The first-order valence-corrected chi connectivity index (χ1v) is 13.4. The monoisotopic (exact) mass is 428 g/mol. The summed E-state index contributed by atoms with van der Waals surface area (Å²) in [5.74, 6) is 0. The van der Waals surface area contributed by atoms with Crippen LogP contribution in [0.5, 0.6) is 0 Å². The molecule has 0 saturated carbocycles. The van der Waals surface area contributed by atoms with Gasteiger partial charge in [0.15, 0.2) is 0 Å². The maximum Gasteiger partial charge on any atom is 0.113 e. The molecule has 0 amide bonds. The summed E-state index contributed by atoms with van der Waals surface area (Å²) in [4.78, 5) is 2.61. The van der Waals surface area contributed by atoms with Crippen molar-refractivity contribution >= 4 is 11.0 Å². The standard InChI is InChI=1S/C27H48N4/c1-3-5-7-9-11-13-15-19-23-30(24-20-16-14-12-10-8-6-4-2)25-31-27-22-18-17-21-26(27)28-29-31/h17-18,21-22H,3-16,19-20,23-25H2,1-2H3. The molecule has 2 aromatic rings. The van der Waals surface area contributed by atoms with Gasteiger partial charge in [-0.15, -0.1) is 5.10 Å². The minimum atomic E-state index is 0.869. The fourth-order valence-corrected chi connectivity index (χ4v) is 4.40. The van der Waals surface area contributed by atoms with E-state index in [9.17, 15) is 0 Å². The largest absolute Gasteiger partial charge is 0.284 e. The first kappa shape index (κ1) is 25.8. The van der Waals surface area contributed by atoms with Crippen LogP contribution in [0.4, 0.5) is 0 Å². The van der Waals surface area contributed by atoms with E-state index in [2.05, 4.69) is 51.9 Å². The average Bonchev–Trinajstić information content (AvgIpc) is 3.20. The summed E-state index contributed by atoms with van der Waals surface area (Å²) in [6.07, 6.45) is 22.1. The van der Waals surface area contributed by atoms with Crippen molar-refractivity contribution in [2.24, 2.45) is 0 Å². The first-order valence-electron chi connectivity index (χ1n) is 13.4. The fraction of sp³-hybridized carbons (Fsp3) is 0.778. The molecule has 176 valence electrons. The van der Waals surface area contributed by atoms with Crippen LogP contribution < -0.4 is 0 Å². The summed E-state index contributed by atoms with van der Waals surface area (Å²) in [5.41, 5.74) is 2.15. The molecule has 0 aliphatic carbocycles. The predicted molar refractivity (Wildman–Crippen MR) is 134 cm³/mol. The Balaban J connectivity index is 1.71. The van der Waals surface area contributed by atoms with E-state index in [-0.39, 0.29) is 0 Å². The van der Waals surface area contributed by atoms with Crippen molar-refractivity contribution in [1.29, 1.82) is 0 Å². The number of hydrogen-bond donors (Lipinski definition) is 0. The highest BCUT2D eigenvalue weighted by Crippen LogP contribution is 2.14. The molecule has 0 spiro atoms. The number of para-hydroxylation sites is 1. The van der Waals surface area contributed by atoms with Gasteiger partial charge in [-0.1, -0.05) is 121 Å². The second-order valence-electron chi connectivity index (χ2n) is 9.29. The Kier molecular flexibility index (Phi) is 14.3. The van der Waals surface area contributed by atoms with Gasteiger partial charge in [0.05, 0.1) is 12.2 Å². The molecule has 1 heterocycles. The number of aromatic nitrogens is 3. The first-order chi connectivity index (χ1) is 15.3. The summed E-state index contributed by atoms with van der Waals surface area (Å²) in [5, 5.41) is 8.78. The van der Waals surface area contributed by atoms with Crippen molar-refractivity contribution in [3.8, 4) is 0 Å². The highest BCUT2D eigenvalue weighted by molar-refractivity contribution is 5.73. The molecule has 0 unspecified atom stereocenters. The van der Waals surface area contributed by atoms with Crippen LogP contribution in [0.2, 0.25) is 0 Å². The van der Waals surface area contributed by atoms with Gasteiger partial charge in [-0.3, -0.25) is 4.90 Å². The lowest BCUT2D eigenvalue weighted by Crippen LogP contribution is -2.29. The van der Waals surface area contributed by atoms with Crippen LogP contribution in [0.3, 0.4) is 0 Å². The number of unbranched alkanes of at least 4 members (excludes halogenated alkanes) is 14. The van der Waals surface area contributed by atoms with E-state index < -0.39 is 0 Å². The zero-order chi connectivity index (χ0) is 22.0. The van der Waals surface area contributed by atoms with Crippen LogP contribution in [0.1, 0.15) is 117 Å². The Labute approximate surface area is 191 Å². The van der Waals surface area contributed by atoms with Gasteiger partial charge < -0.3 is 0 Å². The maximum atomic E-state index is 4.43. The van der Waals surface area contributed by atoms with Crippen LogP contribution in [0.15, 0.2) is 24.3 Å². The molecule has 4 heteroatoms. The zero-order valence-electron chi connectivity index (χ0n) is 20.5. The molecule has 31 heavy (non-hydrogen) atoms. The van der Waals surface area contributed by atoms with Gasteiger partial charge in [0, 0.05) is 0 Å². The Morgan fingerprint density at radius 2 is 1.13 bits per heavy atom. The topological polar surface area (TPSA) is 34.0 Å². The van der Waals surface area contributed by atoms with Crippen molar-refractivity contribution in [2.75, 3.05) is 13.1 Å². The van der Waals surface area contributed by atoms with Crippen molar-refractivity contribution in [3.63, 3.8) is 0 Å². The Bertz CT molecular complexity index is 646. The van der Waals surface area contributed by atoms with Crippen molar-refractivity contribution in [2.45, 2.75) is 123 Å². The quantitative estimate of drug-likeness (QED) is 0.200. The molecule has 0 aliphatic rings. The summed E-state index contributed by atoms with van der Waals surface area (Å²) in [6, 6.07) is 8.32. The van der Waals surface area contributed by atoms with E-state index in [0.717, 1.165) is 17.7 Å². The Hall–Kier alpha value is -1.42. The Morgan fingerprint density at radius 3 is 1.68 bits per heavy atom. The molecule has 0 aliphatic heterocycles. The highest BCUT2D eigenvalue weighted by Gasteiger charge is 2.10. The van der Waals surface area contributed by atoms with Crippen molar-refractivity contribution in [3.05, 3.63) is 24.3 Å². The van der Waals surface area contributed by atoms with Gasteiger partial charge in [-0.2, -0.15) is 0 Å². The summed E-state index contributed by atoms with van der Waals surface area (Å²) < 4.78 is 2.09. The summed E-state index contributed by atoms with van der Waals surface area (Å²) in [7, 11) is 0. The molecule has 0 fully saturated rings. The maximum absolute atomic E-state index is 4.43. The lowest BCUT2D eigenvalue weighted by molar-refractivity contribution is 0.199. The van der Waals surface area contributed by atoms with Crippen molar-refractivity contribution in [1.82, 2.24) is 19.9 Å². The number of benzene rings is 1. The predicted octanol–water partition coefficient (Wildman–Crippen LogP) is 7.97. The smallest absolute Gasteiger partial charge is 0.113 e.